The van der Waals surface area contributed by atoms with Crippen molar-refractivity contribution in [2.75, 3.05) is 4.90 Å². The first kappa shape index (κ1) is 16.9. The van der Waals surface area contributed by atoms with Crippen LogP contribution in [0, 0.1) is 0 Å². The lowest BCUT2D eigenvalue weighted by Crippen LogP contribution is -2.33. The number of nitrogens with one attached hydrogen (secondary N) is 1. The number of fused-ring (bicyclic) bond motifs is 1. The number of sulfonamides is 1. The van der Waals surface area contributed by atoms with Crippen molar-refractivity contribution in [1.82, 2.24) is 4.72 Å². The zero-order valence-electron chi connectivity index (χ0n) is 14.0. The highest BCUT2D eigenvalue weighted by Crippen LogP contribution is 2.30. The second kappa shape index (κ2) is 6.34. The summed E-state index contributed by atoms with van der Waals surface area (Å²) in [7, 11) is -3.70. The molecule has 1 fully saturated rings. The minimum Gasteiger partial charge on any atom is -0.268 e. The average Bonchev–Trinajstić information content (AvgIpc) is 3.22. The molecule has 1 saturated carbocycles. The maximum atomic E-state index is 12.6. The van der Waals surface area contributed by atoms with Crippen LogP contribution in [-0.4, -0.2) is 26.3 Å². The summed E-state index contributed by atoms with van der Waals surface area (Å²) in [6.45, 7) is 0. The summed E-state index contributed by atoms with van der Waals surface area (Å²) < 4.78 is 28.0. The van der Waals surface area contributed by atoms with Gasteiger partial charge in [0.2, 0.25) is 10.0 Å². The molecule has 1 aliphatic carbocycles. The molecular weight excluding hydrogens is 352 g/mol. The third-order valence-electron chi connectivity index (χ3n) is 4.86. The Bertz CT molecular complexity index is 959. The number of amides is 2. The van der Waals surface area contributed by atoms with E-state index in [0.717, 1.165) is 30.6 Å². The molecule has 1 aliphatic heterocycles. The Labute approximate surface area is 151 Å². The van der Waals surface area contributed by atoms with E-state index in [9.17, 15) is 18.0 Å². The van der Waals surface area contributed by atoms with Crippen LogP contribution in [0.2, 0.25) is 0 Å². The number of hydrogen-bond donors (Lipinski definition) is 1. The minimum atomic E-state index is -3.70. The van der Waals surface area contributed by atoms with Crippen molar-refractivity contribution in [2.45, 2.75) is 36.6 Å². The van der Waals surface area contributed by atoms with Crippen LogP contribution in [-0.2, 0) is 10.0 Å². The summed E-state index contributed by atoms with van der Waals surface area (Å²) >= 11 is 0. The molecule has 4 rings (SSSR count). The number of anilines is 1. The lowest BCUT2D eigenvalue weighted by molar-refractivity contribution is 0.0926. The number of hydrogen-bond acceptors (Lipinski definition) is 4. The molecule has 2 aromatic carbocycles. The molecule has 0 aromatic heterocycles. The molecule has 0 spiro atoms. The summed E-state index contributed by atoms with van der Waals surface area (Å²) in [4.78, 5) is 26.3. The van der Waals surface area contributed by atoms with Gasteiger partial charge in [-0.1, -0.05) is 31.0 Å². The van der Waals surface area contributed by atoms with Crippen LogP contribution in [0.5, 0.6) is 0 Å². The predicted molar refractivity (Wildman–Crippen MR) is 96.6 cm³/mol. The van der Waals surface area contributed by atoms with Crippen molar-refractivity contribution in [3.63, 3.8) is 0 Å². The molecule has 2 aromatic rings. The summed E-state index contributed by atoms with van der Waals surface area (Å²) in [5.74, 6) is -0.882. The Balaban J connectivity index is 1.66. The Kier molecular flexibility index (Phi) is 4.13. The summed E-state index contributed by atoms with van der Waals surface area (Å²) in [6, 6.07) is 12.5. The number of nitrogens with zero attached hydrogens (tertiary/aromatic N) is 1. The van der Waals surface area contributed by atoms with Gasteiger partial charge in [0.25, 0.3) is 11.8 Å². The largest absolute Gasteiger partial charge is 0.268 e. The molecular formula is C19H18N2O4S. The maximum absolute atomic E-state index is 12.6. The van der Waals surface area contributed by atoms with E-state index in [2.05, 4.69) is 4.72 Å². The maximum Gasteiger partial charge on any atom is 0.266 e. The number of rotatable bonds is 4. The van der Waals surface area contributed by atoms with Gasteiger partial charge in [-0.3, -0.25) is 9.59 Å². The predicted octanol–water partition coefficient (Wildman–Crippen LogP) is 2.71. The third-order valence-corrected chi connectivity index (χ3v) is 6.38. The normalized spacial score (nSPS) is 17.8. The highest BCUT2D eigenvalue weighted by atomic mass is 32.2. The first-order valence-corrected chi connectivity index (χ1v) is 10.1. The van der Waals surface area contributed by atoms with E-state index in [1.807, 2.05) is 0 Å². The molecule has 0 bridgehead atoms. The van der Waals surface area contributed by atoms with E-state index in [1.165, 1.54) is 12.1 Å². The topological polar surface area (TPSA) is 83.6 Å². The van der Waals surface area contributed by atoms with Gasteiger partial charge in [-0.25, -0.2) is 18.0 Å². The zero-order chi connectivity index (χ0) is 18.3. The number of carbonyl (C=O) groups is 2. The molecule has 0 radical (unpaired) electrons. The Morgan fingerprint density at radius 1 is 0.885 bits per heavy atom. The second-order valence-corrected chi connectivity index (χ2v) is 8.31. The Morgan fingerprint density at radius 3 is 2.12 bits per heavy atom. The van der Waals surface area contributed by atoms with Crippen molar-refractivity contribution in [3.05, 3.63) is 59.7 Å². The van der Waals surface area contributed by atoms with E-state index in [4.69, 9.17) is 0 Å². The van der Waals surface area contributed by atoms with Crippen LogP contribution in [0.4, 0.5) is 5.69 Å². The van der Waals surface area contributed by atoms with Gasteiger partial charge in [-0.05, 0) is 43.2 Å². The summed E-state index contributed by atoms with van der Waals surface area (Å²) in [5, 5.41) is 0. The van der Waals surface area contributed by atoms with Gasteiger partial charge in [0.05, 0.1) is 21.7 Å². The molecule has 6 nitrogen and oxygen atoms in total. The number of imide groups is 1. The van der Waals surface area contributed by atoms with Crippen LogP contribution in [0.25, 0.3) is 0 Å². The molecule has 2 amide bonds. The zero-order valence-corrected chi connectivity index (χ0v) is 14.8. The van der Waals surface area contributed by atoms with Gasteiger partial charge in [-0.2, -0.15) is 0 Å². The highest BCUT2D eigenvalue weighted by Gasteiger charge is 2.36. The highest BCUT2D eigenvalue weighted by molar-refractivity contribution is 7.89. The lowest BCUT2D eigenvalue weighted by atomic mass is 10.1. The smallest absolute Gasteiger partial charge is 0.266 e. The standard InChI is InChI=1S/C19H18N2O4S/c22-18-16-10-3-4-11-17(16)19(23)21(18)14-8-5-9-15(12-14)26(24,25)20-13-6-1-2-7-13/h3-5,8-13,20H,1-2,6-7H2. The van der Waals surface area contributed by atoms with Gasteiger partial charge in [-0.15, -0.1) is 0 Å². The molecule has 1 heterocycles. The first-order valence-electron chi connectivity index (χ1n) is 8.57. The molecule has 0 saturated heterocycles. The molecule has 0 unspecified atom stereocenters. The molecule has 26 heavy (non-hydrogen) atoms. The van der Waals surface area contributed by atoms with Crippen molar-refractivity contribution in [1.29, 1.82) is 0 Å². The van der Waals surface area contributed by atoms with Crippen molar-refractivity contribution in [2.24, 2.45) is 0 Å². The van der Waals surface area contributed by atoms with Gasteiger partial charge in [0.15, 0.2) is 0 Å². The average molecular weight is 370 g/mol. The van der Waals surface area contributed by atoms with Gasteiger partial charge in [0, 0.05) is 6.04 Å². The third kappa shape index (κ3) is 2.83. The molecule has 1 N–H and O–H groups in total. The van der Waals surface area contributed by atoms with Gasteiger partial charge < -0.3 is 0 Å². The lowest BCUT2D eigenvalue weighted by Gasteiger charge is -2.16. The molecule has 134 valence electrons. The van der Waals surface area contributed by atoms with E-state index in [0.29, 0.717) is 11.1 Å². The minimum absolute atomic E-state index is 0.0528. The van der Waals surface area contributed by atoms with E-state index < -0.39 is 21.8 Å². The SMILES string of the molecule is O=C1c2ccccc2C(=O)N1c1cccc(S(=O)(=O)NC2CCCC2)c1. The van der Waals surface area contributed by atoms with Crippen LogP contribution >= 0.6 is 0 Å². The van der Waals surface area contributed by atoms with Crippen LogP contribution in [0.3, 0.4) is 0 Å². The molecule has 0 atom stereocenters. The fourth-order valence-corrected chi connectivity index (χ4v) is 4.89. The summed E-state index contributed by atoms with van der Waals surface area (Å²) in [6.07, 6.45) is 3.69. The monoisotopic (exact) mass is 370 g/mol. The number of carbonyl (C=O) groups excluding carboxylic acids is 2. The quantitative estimate of drug-likeness (QED) is 0.839. The van der Waals surface area contributed by atoms with Crippen molar-refractivity contribution < 1.29 is 18.0 Å². The molecule has 7 heteroatoms. The van der Waals surface area contributed by atoms with Crippen molar-refractivity contribution >= 4 is 27.5 Å². The van der Waals surface area contributed by atoms with E-state index in [-0.39, 0.29) is 16.6 Å². The first-order chi connectivity index (χ1) is 12.5. The van der Waals surface area contributed by atoms with Gasteiger partial charge >= 0.3 is 0 Å². The van der Waals surface area contributed by atoms with E-state index in [1.54, 1.807) is 36.4 Å². The molecule has 2 aliphatic rings. The second-order valence-electron chi connectivity index (χ2n) is 6.59. The van der Waals surface area contributed by atoms with Crippen LogP contribution < -0.4 is 9.62 Å². The Morgan fingerprint density at radius 2 is 1.50 bits per heavy atom. The fourth-order valence-electron chi connectivity index (χ4n) is 3.54. The van der Waals surface area contributed by atoms with Crippen LogP contribution in [0.1, 0.15) is 46.4 Å². The fraction of sp³-hybridized carbons (Fsp3) is 0.263. The van der Waals surface area contributed by atoms with Crippen LogP contribution in [0.15, 0.2) is 53.4 Å². The summed E-state index contributed by atoms with van der Waals surface area (Å²) in [5.41, 5.74) is 0.912. The number of benzene rings is 2. The van der Waals surface area contributed by atoms with Gasteiger partial charge in [0.1, 0.15) is 0 Å². The Hall–Kier alpha value is -2.51. The van der Waals surface area contributed by atoms with Crippen molar-refractivity contribution in [3.8, 4) is 0 Å². The van der Waals surface area contributed by atoms with E-state index >= 15 is 0 Å².